The molecule has 4 heteroatoms. The van der Waals surface area contributed by atoms with Crippen molar-refractivity contribution in [3.63, 3.8) is 0 Å². The van der Waals surface area contributed by atoms with Crippen LogP contribution in [-0.4, -0.2) is 16.5 Å². The molecule has 0 aliphatic carbocycles. The van der Waals surface area contributed by atoms with Crippen LogP contribution in [0.2, 0.25) is 0 Å². The van der Waals surface area contributed by atoms with Gasteiger partial charge < -0.3 is 10.3 Å². The molecule has 0 saturated carbocycles. The first-order valence-electron chi connectivity index (χ1n) is 2.90. The van der Waals surface area contributed by atoms with Gasteiger partial charge in [0.05, 0.1) is 6.21 Å². The SMILES string of the molecule is ON=Cc1ccc(O)cc1Br. The van der Waals surface area contributed by atoms with Crippen molar-refractivity contribution in [3.8, 4) is 5.75 Å². The number of aromatic hydroxyl groups is 1. The zero-order valence-electron chi connectivity index (χ0n) is 5.53. The second-order valence-corrected chi connectivity index (χ2v) is 2.80. The smallest absolute Gasteiger partial charge is 0.116 e. The molecule has 2 N–H and O–H groups in total. The number of rotatable bonds is 1. The highest BCUT2D eigenvalue weighted by Gasteiger charge is 1.96. The van der Waals surface area contributed by atoms with Gasteiger partial charge in [0.25, 0.3) is 0 Å². The molecule has 0 heterocycles. The van der Waals surface area contributed by atoms with E-state index in [9.17, 15) is 0 Å². The minimum atomic E-state index is 0.173. The van der Waals surface area contributed by atoms with E-state index in [0.29, 0.717) is 10.0 Å². The van der Waals surface area contributed by atoms with Gasteiger partial charge >= 0.3 is 0 Å². The van der Waals surface area contributed by atoms with Gasteiger partial charge in [-0.15, -0.1) is 0 Å². The van der Waals surface area contributed by atoms with Crippen molar-refractivity contribution >= 4 is 22.1 Å². The monoisotopic (exact) mass is 215 g/mol. The fourth-order valence-electron chi connectivity index (χ4n) is 0.683. The lowest BCUT2D eigenvalue weighted by Crippen LogP contribution is -1.81. The Morgan fingerprint density at radius 2 is 2.18 bits per heavy atom. The summed E-state index contributed by atoms with van der Waals surface area (Å²) in [6, 6.07) is 4.68. The first-order chi connectivity index (χ1) is 5.24. The van der Waals surface area contributed by atoms with E-state index < -0.39 is 0 Å². The Kier molecular flexibility index (Phi) is 2.48. The van der Waals surface area contributed by atoms with E-state index in [1.807, 2.05) is 0 Å². The molecule has 0 radical (unpaired) electrons. The third-order valence-corrected chi connectivity index (χ3v) is 1.87. The lowest BCUT2D eigenvalue weighted by Gasteiger charge is -1.96. The Morgan fingerprint density at radius 3 is 2.73 bits per heavy atom. The van der Waals surface area contributed by atoms with Gasteiger partial charge in [0.15, 0.2) is 0 Å². The summed E-state index contributed by atoms with van der Waals surface area (Å²) >= 11 is 3.19. The predicted molar refractivity (Wildman–Crippen MR) is 45.2 cm³/mol. The molecule has 0 amide bonds. The first-order valence-corrected chi connectivity index (χ1v) is 3.69. The molecule has 11 heavy (non-hydrogen) atoms. The predicted octanol–water partition coefficient (Wildman–Crippen LogP) is 1.96. The van der Waals surface area contributed by atoms with E-state index in [-0.39, 0.29) is 5.75 Å². The summed E-state index contributed by atoms with van der Waals surface area (Å²) < 4.78 is 0.690. The summed E-state index contributed by atoms with van der Waals surface area (Å²) in [7, 11) is 0. The van der Waals surface area contributed by atoms with E-state index in [0.717, 1.165) is 0 Å². The second-order valence-electron chi connectivity index (χ2n) is 1.95. The van der Waals surface area contributed by atoms with Crippen LogP contribution < -0.4 is 0 Å². The van der Waals surface area contributed by atoms with Gasteiger partial charge in [-0.25, -0.2) is 0 Å². The maximum atomic E-state index is 8.97. The van der Waals surface area contributed by atoms with Crippen LogP contribution in [-0.2, 0) is 0 Å². The van der Waals surface area contributed by atoms with Crippen LogP contribution in [0, 0.1) is 0 Å². The molecule has 0 aromatic heterocycles. The van der Waals surface area contributed by atoms with Crippen LogP contribution in [0.3, 0.4) is 0 Å². The number of phenolic OH excluding ortho intramolecular Hbond substituents is 1. The van der Waals surface area contributed by atoms with Gasteiger partial charge in [0, 0.05) is 10.0 Å². The van der Waals surface area contributed by atoms with Gasteiger partial charge in [-0.05, 0) is 34.1 Å². The first kappa shape index (κ1) is 8.07. The molecule has 0 saturated heterocycles. The van der Waals surface area contributed by atoms with E-state index in [1.165, 1.54) is 18.3 Å². The molecule has 1 aromatic carbocycles. The summed E-state index contributed by atoms with van der Waals surface area (Å²) in [5, 5.41) is 20.0. The van der Waals surface area contributed by atoms with Crippen LogP contribution >= 0.6 is 15.9 Å². The molecule has 0 spiro atoms. The number of benzene rings is 1. The highest BCUT2D eigenvalue weighted by Crippen LogP contribution is 2.20. The number of phenols is 1. The van der Waals surface area contributed by atoms with Crippen LogP contribution in [0.15, 0.2) is 27.8 Å². The molecule has 0 unspecified atom stereocenters. The lowest BCUT2D eigenvalue weighted by atomic mass is 10.2. The van der Waals surface area contributed by atoms with Crippen LogP contribution in [0.5, 0.6) is 5.75 Å². The van der Waals surface area contributed by atoms with E-state index >= 15 is 0 Å². The molecular formula is C7H6BrNO2. The molecule has 0 aliphatic heterocycles. The van der Waals surface area contributed by atoms with Crippen molar-refractivity contribution < 1.29 is 10.3 Å². The summed E-state index contributed by atoms with van der Waals surface area (Å²) in [5.74, 6) is 0.173. The van der Waals surface area contributed by atoms with Crippen molar-refractivity contribution in [3.05, 3.63) is 28.2 Å². The molecular weight excluding hydrogens is 210 g/mol. The van der Waals surface area contributed by atoms with Gasteiger partial charge in [-0.2, -0.15) is 0 Å². The van der Waals surface area contributed by atoms with Gasteiger partial charge in [-0.3, -0.25) is 0 Å². The molecule has 1 aromatic rings. The van der Waals surface area contributed by atoms with Crippen LogP contribution in [0.4, 0.5) is 0 Å². The number of halogens is 1. The van der Waals surface area contributed by atoms with Crippen LogP contribution in [0.25, 0.3) is 0 Å². The number of oxime groups is 1. The summed E-state index contributed by atoms with van der Waals surface area (Å²) in [4.78, 5) is 0. The normalized spacial score (nSPS) is 10.6. The second kappa shape index (κ2) is 3.39. The Morgan fingerprint density at radius 1 is 1.45 bits per heavy atom. The summed E-state index contributed by atoms with van der Waals surface area (Å²) in [5.41, 5.74) is 0.713. The Bertz CT molecular complexity index is 286. The average Bonchev–Trinajstić information content (AvgIpc) is 1.95. The maximum absolute atomic E-state index is 8.97. The number of nitrogens with zero attached hydrogens (tertiary/aromatic N) is 1. The quantitative estimate of drug-likeness (QED) is 0.428. The Balaban J connectivity index is 3.09. The van der Waals surface area contributed by atoms with Gasteiger partial charge in [-0.1, -0.05) is 5.16 Å². The summed E-state index contributed by atoms with van der Waals surface area (Å²) in [6.45, 7) is 0. The van der Waals surface area contributed by atoms with E-state index in [2.05, 4.69) is 21.1 Å². The minimum absolute atomic E-state index is 0.173. The van der Waals surface area contributed by atoms with Gasteiger partial charge in [0.1, 0.15) is 5.75 Å². The fourth-order valence-corrected chi connectivity index (χ4v) is 1.15. The van der Waals surface area contributed by atoms with Crippen molar-refractivity contribution in [1.29, 1.82) is 0 Å². The van der Waals surface area contributed by atoms with Crippen molar-refractivity contribution in [2.24, 2.45) is 5.16 Å². The highest BCUT2D eigenvalue weighted by molar-refractivity contribution is 9.10. The van der Waals surface area contributed by atoms with E-state index in [4.69, 9.17) is 10.3 Å². The minimum Gasteiger partial charge on any atom is -0.508 e. The molecule has 0 bridgehead atoms. The zero-order valence-corrected chi connectivity index (χ0v) is 7.12. The maximum Gasteiger partial charge on any atom is 0.116 e. The molecule has 58 valence electrons. The Hall–Kier alpha value is -1.03. The van der Waals surface area contributed by atoms with E-state index in [1.54, 1.807) is 6.07 Å². The largest absolute Gasteiger partial charge is 0.508 e. The molecule has 0 fully saturated rings. The number of hydrogen-bond donors (Lipinski definition) is 2. The molecule has 0 atom stereocenters. The van der Waals surface area contributed by atoms with Crippen molar-refractivity contribution in [2.75, 3.05) is 0 Å². The highest BCUT2D eigenvalue weighted by atomic mass is 79.9. The molecule has 0 aliphatic rings. The Labute approximate surface area is 72.1 Å². The third kappa shape index (κ3) is 1.94. The number of hydrogen-bond acceptors (Lipinski definition) is 3. The topological polar surface area (TPSA) is 52.8 Å². The zero-order chi connectivity index (χ0) is 8.27. The third-order valence-electron chi connectivity index (χ3n) is 1.18. The standard InChI is InChI=1S/C7H6BrNO2/c8-7-3-6(10)2-1-5(7)4-9-11/h1-4,10-11H. The summed E-state index contributed by atoms with van der Waals surface area (Å²) in [6.07, 6.45) is 1.28. The average molecular weight is 216 g/mol. The fraction of sp³-hybridized carbons (Fsp3) is 0. The molecule has 1 rings (SSSR count). The van der Waals surface area contributed by atoms with Gasteiger partial charge in [0.2, 0.25) is 0 Å². The van der Waals surface area contributed by atoms with Crippen molar-refractivity contribution in [2.45, 2.75) is 0 Å². The molecule has 3 nitrogen and oxygen atoms in total. The lowest BCUT2D eigenvalue weighted by molar-refractivity contribution is 0.322. The van der Waals surface area contributed by atoms with Crippen molar-refractivity contribution in [1.82, 2.24) is 0 Å². The van der Waals surface area contributed by atoms with Crippen LogP contribution in [0.1, 0.15) is 5.56 Å².